The van der Waals surface area contributed by atoms with Gasteiger partial charge < -0.3 is 9.64 Å². The van der Waals surface area contributed by atoms with E-state index in [4.69, 9.17) is 16.3 Å². The number of benzene rings is 2. The number of ether oxygens (including phenoxy) is 1. The molecule has 0 unspecified atom stereocenters. The van der Waals surface area contributed by atoms with E-state index in [-0.39, 0.29) is 5.91 Å². The van der Waals surface area contributed by atoms with E-state index in [0.717, 1.165) is 40.7 Å². The predicted molar refractivity (Wildman–Crippen MR) is 117 cm³/mol. The van der Waals surface area contributed by atoms with Gasteiger partial charge in [0.05, 0.1) is 5.02 Å². The van der Waals surface area contributed by atoms with Crippen molar-refractivity contribution in [3.63, 3.8) is 0 Å². The lowest BCUT2D eigenvalue weighted by Gasteiger charge is -2.25. The average molecular weight is 431 g/mol. The van der Waals surface area contributed by atoms with Crippen molar-refractivity contribution in [3.05, 3.63) is 70.2 Å². The van der Waals surface area contributed by atoms with Crippen LogP contribution >= 0.6 is 34.7 Å². The van der Waals surface area contributed by atoms with Crippen molar-refractivity contribution < 1.29 is 9.53 Å². The number of thioether (sulfide) groups is 1. The Kier molecular flexibility index (Phi) is 6.20. The van der Waals surface area contributed by atoms with Crippen LogP contribution in [0.1, 0.15) is 16.1 Å². The zero-order valence-electron chi connectivity index (χ0n) is 15.1. The molecule has 7 heteroatoms. The molecule has 4 rings (SSSR count). The Balaban J connectivity index is 1.46. The standard InChI is InChI=1S/C21H19ClN2O2S2/c22-18-12-16(26-13-15-4-2-1-3-5-15)6-7-17(18)20-23-19(14-28-20)21(25)24-8-10-27-11-9-24/h1-7,12,14H,8-11,13H2. The second-order valence-corrected chi connectivity index (χ2v) is 8.85. The molecule has 0 spiro atoms. The molecule has 0 atom stereocenters. The first-order valence-electron chi connectivity index (χ1n) is 9.00. The van der Waals surface area contributed by atoms with Gasteiger partial charge in [-0.3, -0.25) is 4.79 Å². The number of nitrogens with zero attached hydrogens (tertiary/aromatic N) is 2. The van der Waals surface area contributed by atoms with Crippen LogP contribution in [-0.2, 0) is 6.61 Å². The van der Waals surface area contributed by atoms with E-state index in [1.165, 1.54) is 11.3 Å². The first kappa shape index (κ1) is 19.3. The fourth-order valence-electron chi connectivity index (χ4n) is 2.92. The Hall–Kier alpha value is -2.02. The number of carbonyl (C=O) groups excluding carboxylic acids is 1. The fourth-order valence-corrected chi connectivity index (χ4v) is 4.98. The SMILES string of the molecule is O=C(c1csc(-c2ccc(OCc3ccccc3)cc2Cl)n1)N1CCSCC1. The van der Waals surface area contributed by atoms with Gasteiger partial charge in [-0.2, -0.15) is 11.8 Å². The van der Waals surface area contributed by atoms with Gasteiger partial charge in [0.2, 0.25) is 0 Å². The number of hydrogen-bond donors (Lipinski definition) is 0. The van der Waals surface area contributed by atoms with E-state index in [0.29, 0.717) is 23.1 Å². The topological polar surface area (TPSA) is 42.4 Å². The zero-order valence-corrected chi connectivity index (χ0v) is 17.5. The normalized spacial score (nSPS) is 14.1. The minimum atomic E-state index is 0.00161. The first-order chi connectivity index (χ1) is 13.7. The summed E-state index contributed by atoms with van der Waals surface area (Å²) in [5, 5.41) is 3.12. The highest BCUT2D eigenvalue weighted by molar-refractivity contribution is 7.99. The predicted octanol–water partition coefficient (Wildman–Crippen LogP) is 5.23. The molecule has 2 aromatic carbocycles. The quantitative estimate of drug-likeness (QED) is 0.555. The Labute approximate surface area is 177 Å². The second kappa shape index (κ2) is 8.99. The molecular formula is C21H19ClN2O2S2. The molecule has 1 aliphatic heterocycles. The van der Waals surface area contributed by atoms with Gasteiger partial charge in [0.1, 0.15) is 23.1 Å². The van der Waals surface area contributed by atoms with E-state index < -0.39 is 0 Å². The smallest absolute Gasteiger partial charge is 0.273 e. The lowest BCUT2D eigenvalue weighted by molar-refractivity contribution is 0.0767. The molecule has 0 radical (unpaired) electrons. The van der Waals surface area contributed by atoms with Gasteiger partial charge in [-0.25, -0.2) is 4.98 Å². The van der Waals surface area contributed by atoms with Crippen molar-refractivity contribution in [1.82, 2.24) is 9.88 Å². The summed E-state index contributed by atoms with van der Waals surface area (Å²) in [6, 6.07) is 15.6. The summed E-state index contributed by atoms with van der Waals surface area (Å²) in [5.74, 6) is 2.68. The molecule has 1 saturated heterocycles. The van der Waals surface area contributed by atoms with Crippen LogP contribution < -0.4 is 4.74 Å². The maximum atomic E-state index is 12.6. The summed E-state index contributed by atoms with van der Waals surface area (Å²) < 4.78 is 5.82. The minimum absolute atomic E-state index is 0.00161. The number of hydrogen-bond acceptors (Lipinski definition) is 5. The van der Waals surface area contributed by atoms with Gasteiger partial charge in [0.15, 0.2) is 0 Å². The molecule has 4 nitrogen and oxygen atoms in total. The highest BCUT2D eigenvalue weighted by Gasteiger charge is 2.21. The summed E-state index contributed by atoms with van der Waals surface area (Å²) in [7, 11) is 0. The van der Waals surface area contributed by atoms with Crippen molar-refractivity contribution in [2.75, 3.05) is 24.6 Å². The molecule has 1 amide bonds. The van der Waals surface area contributed by atoms with Crippen LogP contribution in [0, 0.1) is 0 Å². The van der Waals surface area contributed by atoms with Crippen LogP contribution in [0.5, 0.6) is 5.75 Å². The van der Waals surface area contributed by atoms with Crippen LogP contribution in [-0.4, -0.2) is 40.4 Å². The van der Waals surface area contributed by atoms with Crippen molar-refractivity contribution in [2.24, 2.45) is 0 Å². The molecule has 0 aliphatic carbocycles. The molecule has 144 valence electrons. The fraction of sp³-hybridized carbons (Fsp3) is 0.238. The third-order valence-electron chi connectivity index (χ3n) is 4.44. The maximum Gasteiger partial charge on any atom is 0.273 e. The monoisotopic (exact) mass is 430 g/mol. The summed E-state index contributed by atoms with van der Waals surface area (Å²) in [6.07, 6.45) is 0. The molecule has 0 bridgehead atoms. The molecule has 1 aromatic heterocycles. The molecule has 3 aromatic rings. The lowest BCUT2D eigenvalue weighted by Crippen LogP contribution is -2.38. The largest absolute Gasteiger partial charge is 0.489 e. The number of thiazole rings is 1. The van der Waals surface area contributed by atoms with Crippen LogP contribution in [0.3, 0.4) is 0 Å². The first-order valence-corrected chi connectivity index (χ1v) is 11.4. The van der Waals surface area contributed by atoms with Crippen molar-refractivity contribution in [2.45, 2.75) is 6.61 Å². The third kappa shape index (κ3) is 4.51. The summed E-state index contributed by atoms with van der Waals surface area (Å²) >= 11 is 9.79. The molecule has 28 heavy (non-hydrogen) atoms. The Morgan fingerprint density at radius 3 is 2.68 bits per heavy atom. The Bertz CT molecular complexity index is 956. The maximum absolute atomic E-state index is 12.6. The van der Waals surface area contributed by atoms with Gasteiger partial charge in [-0.15, -0.1) is 11.3 Å². The minimum Gasteiger partial charge on any atom is -0.489 e. The number of amides is 1. The van der Waals surface area contributed by atoms with E-state index in [2.05, 4.69) is 4.98 Å². The average Bonchev–Trinajstić information content (AvgIpc) is 3.23. The molecule has 2 heterocycles. The lowest BCUT2D eigenvalue weighted by atomic mass is 10.2. The summed E-state index contributed by atoms with van der Waals surface area (Å²) in [6.45, 7) is 2.05. The third-order valence-corrected chi connectivity index (χ3v) is 6.57. The number of halogens is 1. The second-order valence-electron chi connectivity index (χ2n) is 6.36. The van der Waals surface area contributed by atoms with Crippen molar-refractivity contribution in [3.8, 4) is 16.3 Å². The van der Waals surface area contributed by atoms with Gasteiger partial charge in [0.25, 0.3) is 5.91 Å². The van der Waals surface area contributed by atoms with E-state index >= 15 is 0 Å². The summed E-state index contributed by atoms with van der Waals surface area (Å²) in [5.41, 5.74) is 2.40. The molecule has 1 aliphatic rings. The van der Waals surface area contributed by atoms with Crippen molar-refractivity contribution in [1.29, 1.82) is 0 Å². The number of carbonyl (C=O) groups is 1. The Morgan fingerprint density at radius 2 is 1.93 bits per heavy atom. The van der Waals surface area contributed by atoms with Crippen LogP contribution in [0.2, 0.25) is 5.02 Å². The highest BCUT2D eigenvalue weighted by atomic mass is 35.5. The molecule has 0 N–H and O–H groups in total. The molecule has 0 saturated carbocycles. The van der Waals surface area contributed by atoms with Gasteiger partial charge in [-0.05, 0) is 23.8 Å². The van der Waals surface area contributed by atoms with Crippen molar-refractivity contribution >= 4 is 40.6 Å². The van der Waals surface area contributed by atoms with E-state index in [9.17, 15) is 4.79 Å². The summed E-state index contributed by atoms with van der Waals surface area (Å²) in [4.78, 5) is 19.0. The van der Waals surface area contributed by atoms with Crippen LogP contribution in [0.25, 0.3) is 10.6 Å². The van der Waals surface area contributed by atoms with Gasteiger partial charge in [0, 0.05) is 35.5 Å². The highest BCUT2D eigenvalue weighted by Crippen LogP contribution is 2.33. The van der Waals surface area contributed by atoms with Crippen LogP contribution in [0.4, 0.5) is 0 Å². The van der Waals surface area contributed by atoms with E-state index in [1.54, 1.807) is 6.07 Å². The molecule has 1 fully saturated rings. The van der Waals surface area contributed by atoms with Gasteiger partial charge >= 0.3 is 0 Å². The zero-order chi connectivity index (χ0) is 19.3. The molecular weight excluding hydrogens is 412 g/mol. The van der Waals surface area contributed by atoms with Crippen LogP contribution in [0.15, 0.2) is 53.9 Å². The number of rotatable bonds is 5. The van der Waals surface area contributed by atoms with Gasteiger partial charge in [-0.1, -0.05) is 41.9 Å². The Morgan fingerprint density at radius 1 is 1.14 bits per heavy atom. The van der Waals surface area contributed by atoms with E-state index in [1.807, 2.05) is 64.5 Å². The number of aromatic nitrogens is 1.